The fourth-order valence-electron chi connectivity index (χ4n) is 2.86. The summed E-state index contributed by atoms with van der Waals surface area (Å²) in [5.41, 5.74) is 0. The van der Waals surface area contributed by atoms with Crippen molar-refractivity contribution in [3.05, 3.63) is 0 Å². The van der Waals surface area contributed by atoms with Crippen LogP contribution in [0.4, 0.5) is 0 Å². The number of hydrogen-bond acceptors (Lipinski definition) is 1. The van der Waals surface area contributed by atoms with Crippen LogP contribution >= 0.6 is 0 Å². The monoisotopic (exact) mass is 214 g/mol. The van der Waals surface area contributed by atoms with Gasteiger partial charge in [0.25, 0.3) is 0 Å². The molecule has 2 aliphatic rings. The summed E-state index contributed by atoms with van der Waals surface area (Å²) < 4.78 is 4.68. The second-order valence-electron chi connectivity index (χ2n) is 4.67. The first-order chi connectivity index (χ1) is 6.88. The first kappa shape index (κ1) is 12.2. The maximum Gasteiger partial charge on any atom is 0.145 e. The quantitative estimate of drug-likeness (QED) is 0.642. The predicted molar refractivity (Wildman–Crippen MR) is 65.5 cm³/mol. The summed E-state index contributed by atoms with van der Waals surface area (Å²) in [6.45, 7) is 2.87. The third kappa shape index (κ3) is 4.14. The second-order valence-corrected chi connectivity index (χ2v) is 5.24. The Morgan fingerprint density at radius 2 is 1.21 bits per heavy atom. The molecular weight excluding hydrogens is 188 g/mol. The minimum Gasteiger partial charge on any atom is -0.428 e. The molecule has 0 aromatic carbocycles. The summed E-state index contributed by atoms with van der Waals surface area (Å²) in [5.74, 6) is 2.31. The van der Waals surface area contributed by atoms with Crippen molar-refractivity contribution in [2.75, 3.05) is 6.61 Å². The van der Waals surface area contributed by atoms with Gasteiger partial charge >= 0.3 is 0 Å². The summed E-state index contributed by atoms with van der Waals surface area (Å²) in [4.78, 5) is 0. The maximum absolute atomic E-state index is 4.68. The Labute approximate surface area is 92.2 Å². The lowest BCUT2D eigenvalue weighted by Crippen LogP contribution is -2.06. The maximum atomic E-state index is 4.68. The van der Waals surface area contributed by atoms with E-state index in [9.17, 15) is 0 Å². The molecule has 84 valence electrons. The van der Waals surface area contributed by atoms with Crippen molar-refractivity contribution in [1.29, 1.82) is 0 Å². The fraction of sp³-hybridized carbons (Fsp3) is 1.00. The minimum absolute atomic E-state index is 0.881. The van der Waals surface area contributed by atoms with Crippen LogP contribution in [0.5, 0.6) is 0 Å². The highest BCUT2D eigenvalue weighted by atomic mass is 28.2. The van der Waals surface area contributed by atoms with Crippen LogP contribution in [-0.2, 0) is 4.43 Å². The van der Waals surface area contributed by atoms with Crippen LogP contribution in [-0.4, -0.2) is 17.1 Å². The molecule has 0 bridgehead atoms. The van der Waals surface area contributed by atoms with Gasteiger partial charge in [0.15, 0.2) is 0 Å². The SMILES string of the molecule is C1CCC(C2CCCC2)C1.CCO[SiH3]. The topological polar surface area (TPSA) is 9.23 Å². The van der Waals surface area contributed by atoms with E-state index in [4.69, 9.17) is 0 Å². The van der Waals surface area contributed by atoms with Crippen molar-refractivity contribution in [2.45, 2.75) is 58.3 Å². The van der Waals surface area contributed by atoms with E-state index in [1.165, 1.54) is 25.7 Å². The fourth-order valence-corrected chi connectivity index (χ4v) is 2.86. The zero-order valence-electron chi connectivity index (χ0n) is 9.93. The second kappa shape index (κ2) is 7.47. The molecule has 0 aromatic heterocycles. The zero-order chi connectivity index (χ0) is 10.2. The third-order valence-electron chi connectivity index (χ3n) is 3.76. The van der Waals surface area contributed by atoms with Crippen LogP contribution in [0.3, 0.4) is 0 Å². The Kier molecular flexibility index (Phi) is 6.53. The highest BCUT2D eigenvalue weighted by molar-refractivity contribution is 5.97. The van der Waals surface area contributed by atoms with Gasteiger partial charge in [-0.2, -0.15) is 0 Å². The normalized spacial score (nSPS) is 23.8. The van der Waals surface area contributed by atoms with Crippen molar-refractivity contribution >= 4 is 10.5 Å². The molecule has 2 saturated carbocycles. The van der Waals surface area contributed by atoms with Gasteiger partial charge in [-0.3, -0.25) is 0 Å². The Bertz CT molecular complexity index is 110. The molecule has 1 nitrogen and oxygen atoms in total. The largest absolute Gasteiger partial charge is 0.428 e. The molecular formula is C12H26OSi. The van der Waals surface area contributed by atoms with E-state index in [1.54, 1.807) is 25.7 Å². The van der Waals surface area contributed by atoms with E-state index in [0.717, 1.165) is 28.9 Å². The first-order valence-electron chi connectivity index (χ1n) is 6.37. The van der Waals surface area contributed by atoms with E-state index in [1.807, 2.05) is 6.92 Å². The summed E-state index contributed by atoms with van der Waals surface area (Å²) in [6.07, 6.45) is 12.4. The molecule has 0 N–H and O–H groups in total. The van der Waals surface area contributed by atoms with Crippen LogP contribution in [0.25, 0.3) is 0 Å². The molecule has 0 aliphatic heterocycles. The summed E-state index contributed by atoms with van der Waals surface area (Å²) in [5, 5.41) is 0. The van der Waals surface area contributed by atoms with Crippen molar-refractivity contribution in [3.8, 4) is 0 Å². The van der Waals surface area contributed by atoms with Gasteiger partial charge in [-0.05, 0) is 18.8 Å². The van der Waals surface area contributed by atoms with Crippen molar-refractivity contribution in [2.24, 2.45) is 11.8 Å². The Balaban J connectivity index is 0.000000213. The van der Waals surface area contributed by atoms with Crippen molar-refractivity contribution < 1.29 is 4.43 Å². The van der Waals surface area contributed by atoms with Gasteiger partial charge in [-0.15, -0.1) is 0 Å². The lowest BCUT2D eigenvalue weighted by atomic mass is 9.90. The smallest absolute Gasteiger partial charge is 0.145 e. The molecule has 2 fully saturated rings. The lowest BCUT2D eigenvalue weighted by Gasteiger charge is -2.16. The average Bonchev–Trinajstić information content (AvgIpc) is 2.89. The lowest BCUT2D eigenvalue weighted by molar-refractivity contribution is 0.347. The molecule has 0 unspecified atom stereocenters. The molecule has 2 rings (SSSR count). The van der Waals surface area contributed by atoms with E-state index >= 15 is 0 Å². The molecule has 2 aliphatic carbocycles. The minimum atomic E-state index is 0.881. The molecule has 0 amide bonds. The van der Waals surface area contributed by atoms with Gasteiger partial charge in [0.2, 0.25) is 0 Å². The predicted octanol–water partition coefficient (Wildman–Crippen LogP) is 2.67. The van der Waals surface area contributed by atoms with Gasteiger partial charge in [0.05, 0.1) is 0 Å². The van der Waals surface area contributed by atoms with Crippen LogP contribution in [0, 0.1) is 11.8 Å². The molecule has 0 aromatic rings. The zero-order valence-corrected chi connectivity index (χ0v) is 11.9. The van der Waals surface area contributed by atoms with Gasteiger partial charge in [0, 0.05) is 6.61 Å². The Morgan fingerprint density at radius 3 is 1.43 bits per heavy atom. The highest BCUT2D eigenvalue weighted by Gasteiger charge is 2.26. The molecule has 0 heterocycles. The summed E-state index contributed by atoms with van der Waals surface area (Å²) >= 11 is 0. The van der Waals surface area contributed by atoms with Gasteiger partial charge in [-0.25, -0.2) is 0 Å². The highest BCUT2D eigenvalue weighted by Crippen LogP contribution is 2.39. The molecule has 0 spiro atoms. The van der Waals surface area contributed by atoms with E-state index in [2.05, 4.69) is 4.43 Å². The van der Waals surface area contributed by atoms with Crippen LogP contribution in [0.1, 0.15) is 58.3 Å². The van der Waals surface area contributed by atoms with Gasteiger partial charge in [0.1, 0.15) is 10.5 Å². The number of rotatable bonds is 2. The Morgan fingerprint density at radius 1 is 0.929 bits per heavy atom. The summed E-state index contributed by atoms with van der Waals surface area (Å²) in [7, 11) is 0.890. The number of hydrogen-bond donors (Lipinski definition) is 0. The first-order valence-corrected chi connectivity index (χ1v) is 7.19. The Hall–Kier alpha value is 0.177. The molecule has 2 heteroatoms. The third-order valence-corrected chi connectivity index (χ3v) is 4.33. The average molecular weight is 214 g/mol. The van der Waals surface area contributed by atoms with E-state index < -0.39 is 0 Å². The van der Waals surface area contributed by atoms with E-state index in [-0.39, 0.29) is 0 Å². The standard InChI is InChI=1S/C10H18.C2H8OSi/c1-2-6-9(5-1)10-7-3-4-8-10;1-2-3-4/h9-10H,1-8H2;2H2,1,4H3. The van der Waals surface area contributed by atoms with Crippen molar-refractivity contribution in [3.63, 3.8) is 0 Å². The molecule has 14 heavy (non-hydrogen) atoms. The van der Waals surface area contributed by atoms with Gasteiger partial charge in [-0.1, -0.05) is 51.4 Å². The van der Waals surface area contributed by atoms with Crippen molar-refractivity contribution in [1.82, 2.24) is 0 Å². The van der Waals surface area contributed by atoms with E-state index in [0.29, 0.717) is 0 Å². The molecule has 0 saturated heterocycles. The summed E-state index contributed by atoms with van der Waals surface area (Å²) in [6, 6.07) is 0. The molecule has 0 atom stereocenters. The van der Waals surface area contributed by atoms with Crippen LogP contribution < -0.4 is 0 Å². The van der Waals surface area contributed by atoms with Crippen LogP contribution in [0.15, 0.2) is 0 Å². The van der Waals surface area contributed by atoms with Crippen LogP contribution in [0.2, 0.25) is 0 Å². The molecule has 0 radical (unpaired) electrons. The van der Waals surface area contributed by atoms with Gasteiger partial charge < -0.3 is 4.43 Å².